The number of halogens is 4. The van der Waals surface area contributed by atoms with Gasteiger partial charge in [0.1, 0.15) is 11.6 Å². The molecule has 1 unspecified atom stereocenters. The van der Waals surface area contributed by atoms with Gasteiger partial charge in [-0.3, -0.25) is 5.32 Å². The largest absolute Gasteiger partial charge is 0.435 e. The molecular formula is C23H29F4N5O. The molecule has 33 heavy (non-hydrogen) atoms. The van der Waals surface area contributed by atoms with Crippen LogP contribution in [0.5, 0.6) is 0 Å². The summed E-state index contributed by atoms with van der Waals surface area (Å²) in [4.78, 5) is 1.60. The Hall–Kier alpha value is -2.17. The smallest absolute Gasteiger partial charge is 0.361 e. The fourth-order valence-electron chi connectivity index (χ4n) is 5.40. The molecule has 3 N–H and O–H groups in total. The highest BCUT2D eigenvalue weighted by atomic mass is 19.4. The Labute approximate surface area is 190 Å². The molecule has 2 aromatic rings. The zero-order valence-corrected chi connectivity index (χ0v) is 18.5. The molecule has 2 heterocycles. The molecule has 2 aliphatic carbocycles. The van der Waals surface area contributed by atoms with Crippen LogP contribution in [0.25, 0.3) is 0 Å². The molecule has 10 heteroatoms. The van der Waals surface area contributed by atoms with Crippen LogP contribution in [0, 0.1) is 11.7 Å². The highest BCUT2D eigenvalue weighted by molar-refractivity contribution is 5.45. The number of hydrogen-bond donors (Lipinski definition) is 3. The molecule has 1 aliphatic heterocycles. The van der Waals surface area contributed by atoms with Crippen LogP contribution in [0.4, 0.5) is 23.4 Å². The van der Waals surface area contributed by atoms with Gasteiger partial charge in [0.25, 0.3) is 0 Å². The van der Waals surface area contributed by atoms with E-state index in [0.717, 1.165) is 24.5 Å². The van der Waals surface area contributed by atoms with Gasteiger partial charge >= 0.3 is 6.18 Å². The molecule has 1 atom stereocenters. The third-order valence-corrected chi connectivity index (χ3v) is 7.59. The van der Waals surface area contributed by atoms with Crippen molar-refractivity contribution in [1.29, 1.82) is 0 Å². The average Bonchev–Trinajstić information content (AvgIpc) is 3.39. The zero-order chi connectivity index (χ0) is 23.4. The number of nitrogens with one attached hydrogen (secondary N) is 2. The Balaban J connectivity index is 1.37. The number of hydrogen-bond acceptors (Lipinski definition) is 5. The van der Waals surface area contributed by atoms with E-state index in [0.29, 0.717) is 50.5 Å². The lowest BCUT2D eigenvalue weighted by atomic mass is 9.69. The molecule has 2 saturated carbocycles. The monoisotopic (exact) mass is 467 g/mol. The van der Waals surface area contributed by atoms with Crippen molar-refractivity contribution in [2.45, 2.75) is 68.7 Å². The molecule has 1 saturated heterocycles. The topological polar surface area (TPSA) is 65.4 Å². The van der Waals surface area contributed by atoms with Crippen LogP contribution >= 0.6 is 0 Å². The van der Waals surface area contributed by atoms with Gasteiger partial charge in [-0.05, 0) is 69.2 Å². The highest BCUT2D eigenvalue weighted by Gasteiger charge is 2.50. The lowest BCUT2D eigenvalue weighted by molar-refractivity contribution is -0.141. The number of anilines is 1. The lowest BCUT2D eigenvalue weighted by Gasteiger charge is -2.45. The van der Waals surface area contributed by atoms with Crippen LogP contribution in [0.3, 0.4) is 0 Å². The summed E-state index contributed by atoms with van der Waals surface area (Å²) in [5.74, 6) is 0.345. The molecule has 6 nitrogen and oxygen atoms in total. The van der Waals surface area contributed by atoms with Crippen LogP contribution in [0.2, 0.25) is 0 Å². The minimum absolute atomic E-state index is 0.285. The van der Waals surface area contributed by atoms with Gasteiger partial charge in [-0.2, -0.15) is 18.3 Å². The molecule has 180 valence electrons. The minimum atomic E-state index is -4.54. The molecule has 1 aromatic carbocycles. The first-order valence-electron chi connectivity index (χ1n) is 11.5. The number of nitrogens with zero attached hydrogens (tertiary/aromatic N) is 3. The van der Waals surface area contributed by atoms with Gasteiger partial charge in [0, 0.05) is 30.2 Å². The summed E-state index contributed by atoms with van der Waals surface area (Å²) >= 11 is 0. The summed E-state index contributed by atoms with van der Waals surface area (Å²) in [6.45, 7) is 0.800. The molecule has 3 aliphatic rings. The predicted octanol–water partition coefficient (Wildman–Crippen LogP) is 3.56. The Morgan fingerprint density at radius 3 is 2.52 bits per heavy atom. The third-order valence-electron chi connectivity index (χ3n) is 7.59. The molecule has 0 radical (unpaired) electrons. The number of benzene rings is 1. The van der Waals surface area contributed by atoms with Crippen molar-refractivity contribution in [3.63, 3.8) is 0 Å². The average molecular weight is 468 g/mol. The number of aliphatic hydroxyl groups excluding tert-OH is 1. The summed E-state index contributed by atoms with van der Waals surface area (Å²) < 4.78 is 55.4. The van der Waals surface area contributed by atoms with Crippen LogP contribution in [-0.4, -0.2) is 40.4 Å². The first-order chi connectivity index (χ1) is 15.6. The summed E-state index contributed by atoms with van der Waals surface area (Å²) in [7, 11) is 1.86. The van der Waals surface area contributed by atoms with E-state index in [9.17, 15) is 22.7 Å². The number of aromatic nitrogens is 2. The Morgan fingerprint density at radius 2 is 1.91 bits per heavy atom. The van der Waals surface area contributed by atoms with Gasteiger partial charge in [0.05, 0.1) is 0 Å². The second-order valence-corrected chi connectivity index (χ2v) is 9.78. The maximum absolute atomic E-state index is 13.9. The lowest BCUT2D eigenvalue weighted by Crippen LogP contribution is -2.54. The van der Waals surface area contributed by atoms with Crippen molar-refractivity contribution in [2.75, 3.05) is 18.5 Å². The molecule has 1 spiro atoms. The van der Waals surface area contributed by atoms with E-state index < -0.39 is 23.8 Å². The van der Waals surface area contributed by atoms with E-state index in [1.807, 2.05) is 13.1 Å². The SMILES string of the molecule is CN[C@]1(c2cccc(F)c2)CC[C@]2(CC1)CN(c1cc(C(F)(F)F)nn1CC1CC1)C(O)N2. The maximum atomic E-state index is 13.9. The Kier molecular flexibility index (Phi) is 5.45. The van der Waals surface area contributed by atoms with E-state index in [2.05, 4.69) is 15.7 Å². The summed E-state index contributed by atoms with van der Waals surface area (Å²) in [5, 5.41) is 21.3. The van der Waals surface area contributed by atoms with E-state index in [-0.39, 0.29) is 11.4 Å². The van der Waals surface area contributed by atoms with Crippen LogP contribution in [0.15, 0.2) is 30.3 Å². The maximum Gasteiger partial charge on any atom is 0.435 e. The van der Waals surface area contributed by atoms with Gasteiger partial charge in [-0.25, -0.2) is 9.07 Å². The summed E-state index contributed by atoms with van der Waals surface area (Å²) in [5.41, 5.74) is -0.882. The van der Waals surface area contributed by atoms with Gasteiger partial charge < -0.3 is 15.3 Å². The van der Waals surface area contributed by atoms with Crippen molar-refractivity contribution in [3.8, 4) is 0 Å². The van der Waals surface area contributed by atoms with Crippen molar-refractivity contribution < 1.29 is 22.7 Å². The quantitative estimate of drug-likeness (QED) is 0.587. The van der Waals surface area contributed by atoms with Crippen molar-refractivity contribution >= 4 is 5.82 Å². The molecular weight excluding hydrogens is 438 g/mol. The molecule has 5 rings (SSSR count). The second kappa shape index (κ2) is 7.95. The van der Waals surface area contributed by atoms with Crippen molar-refractivity contribution in [3.05, 3.63) is 47.4 Å². The predicted molar refractivity (Wildman–Crippen MR) is 115 cm³/mol. The van der Waals surface area contributed by atoms with Crippen LogP contribution in [-0.2, 0) is 18.3 Å². The van der Waals surface area contributed by atoms with E-state index >= 15 is 0 Å². The second-order valence-electron chi connectivity index (χ2n) is 9.78. The zero-order valence-electron chi connectivity index (χ0n) is 18.5. The summed E-state index contributed by atoms with van der Waals surface area (Å²) in [6.07, 6.45) is -0.902. The molecule has 0 amide bonds. The normalized spacial score (nSPS) is 30.4. The Bertz CT molecular complexity index is 1010. The number of rotatable bonds is 5. The molecule has 0 bridgehead atoms. The fraction of sp³-hybridized carbons (Fsp3) is 0.609. The van der Waals surface area contributed by atoms with Crippen molar-refractivity contribution in [1.82, 2.24) is 20.4 Å². The molecule has 3 fully saturated rings. The standard InChI is InChI=1S/C23H29F4N5O/c1-28-22(16-3-2-4-17(24)11-16)9-7-21(8-10-22)14-31(20(33)29-21)19-12-18(23(25,26)27)30-32(19)13-15-5-6-15/h2-4,11-12,15,20,28-29,33H,5-10,13-14H2,1H3/t20?,21-,22+. The van der Waals surface area contributed by atoms with Gasteiger partial charge in [0.2, 0.25) is 0 Å². The Morgan fingerprint density at radius 1 is 1.18 bits per heavy atom. The van der Waals surface area contributed by atoms with E-state index in [1.165, 1.54) is 10.7 Å². The minimum Gasteiger partial charge on any atom is -0.361 e. The van der Waals surface area contributed by atoms with Crippen LogP contribution in [0.1, 0.15) is 49.8 Å². The number of alkyl halides is 3. The highest BCUT2D eigenvalue weighted by Crippen LogP contribution is 2.45. The van der Waals surface area contributed by atoms with Crippen LogP contribution < -0.4 is 15.5 Å². The summed E-state index contributed by atoms with van der Waals surface area (Å²) in [6, 6.07) is 7.62. The first kappa shape index (κ1) is 22.6. The third kappa shape index (κ3) is 4.24. The van der Waals surface area contributed by atoms with Crippen molar-refractivity contribution in [2.24, 2.45) is 5.92 Å². The van der Waals surface area contributed by atoms with E-state index in [1.54, 1.807) is 17.0 Å². The first-order valence-corrected chi connectivity index (χ1v) is 11.5. The molecule has 1 aromatic heterocycles. The van der Waals surface area contributed by atoms with Gasteiger partial charge in [0.15, 0.2) is 12.0 Å². The van der Waals surface area contributed by atoms with Gasteiger partial charge in [-0.1, -0.05) is 12.1 Å². The van der Waals surface area contributed by atoms with Gasteiger partial charge in [-0.15, -0.1) is 0 Å². The number of aliphatic hydroxyl groups is 1. The fourth-order valence-corrected chi connectivity index (χ4v) is 5.40. The van der Waals surface area contributed by atoms with E-state index in [4.69, 9.17) is 0 Å².